The average Bonchev–Trinajstić information content (AvgIpc) is 2.71. The van der Waals surface area contributed by atoms with E-state index in [9.17, 15) is 9.18 Å². The van der Waals surface area contributed by atoms with Gasteiger partial charge in [-0.15, -0.1) is 10.2 Å². The Morgan fingerprint density at radius 3 is 2.75 bits per heavy atom. The van der Waals surface area contributed by atoms with Gasteiger partial charge in [-0.3, -0.25) is 0 Å². The molecule has 5 nitrogen and oxygen atoms in total. The first-order valence-electron chi connectivity index (χ1n) is 4.10. The summed E-state index contributed by atoms with van der Waals surface area (Å²) in [5.74, 6) is -2.61. The van der Waals surface area contributed by atoms with Crippen molar-refractivity contribution < 1.29 is 18.7 Å². The van der Waals surface area contributed by atoms with Crippen LogP contribution in [0.15, 0.2) is 22.6 Å². The topological polar surface area (TPSA) is 76.2 Å². The number of carboxylic acids is 1. The van der Waals surface area contributed by atoms with Crippen LogP contribution in [-0.4, -0.2) is 21.3 Å². The van der Waals surface area contributed by atoms with E-state index < -0.39 is 17.7 Å². The molecule has 16 heavy (non-hydrogen) atoms. The molecule has 0 atom stereocenters. The highest BCUT2D eigenvalue weighted by Crippen LogP contribution is 2.23. The number of aromatic nitrogens is 2. The second kappa shape index (κ2) is 3.90. The molecule has 0 radical (unpaired) electrons. The Kier molecular flexibility index (Phi) is 2.57. The largest absolute Gasteiger partial charge is 0.474 e. The highest BCUT2D eigenvalue weighted by atomic mass is 35.5. The second-order valence-corrected chi connectivity index (χ2v) is 3.25. The minimum absolute atomic E-state index is 0.0401. The first-order chi connectivity index (χ1) is 7.58. The molecule has 0 amide bonds. The second-order valence-electron chi connectivity index (χ2n) is 2.85. The lowest BCUT2D eigenvalue weighted by Crippen LogP contribution is -1.95. The Hall–Kier alpha value is -1.95. The maximum absolute atomic E-state index is 13.1. The number of nitrogens with zero attached hydrogens (tertiary/aromatic N) is 2. The highest BCUT2D eigenvalue weighted by molar-refractivity contribution is 6.30. The maximum atomic E-state index is 13.1. The molecule has 0 saturated carbocycles. The summed E-state index contributed by atoms with van der Waals surface area (Å²) < 4.78 is 17.9. The van der Waals surface area contributed by atoms with E-state index in [0.29, 0.717) is 0 Å². The van der Waals surface area contributed by atoms with Gasteiger partial charge in [-0.1, -0.05) is 11.6 Å². The zero-order chi connectivity index (χ0) is 11.7. The molecule has 0 saturated heterocycles. The van der Waals surface area contributed by atoms with Gasteiger partial charge in [0.25, 0.3) is 0 Å². The van der Waals surface area contributed by atoms with Crippen molar-refractivity contribution in [1.29, 1.82) is 0 Å². The number of rotatable bonds is 2. The fraction of sp³-hybridized carbons (Fsp3) is 0. The lowest BCUT2D eigenvalue weighted by atomic mass is 10.2. The molecule has 0 bridgehead atoms. The van der Waals surface area contributed by atoms with E-state index in [2.05, 4.69) is 10.2 Å². The fourth-order valence-electron chi connectivity index (χ4n) is 1.06. The van der Waals surface area contributed by atoms with Crippen LogP contribution in [0.3, 0.4) is 0 Å². The predicted octanol–water partition coefficient (Wildman–Crippen LogP) is 2.23. The van der Waals surface area contributed by atoms with Gasteiger partial charge >= 0.3 is 11.9 Å². The number of hydrogen-bond acceptors (Lipinski definition) is 4. The molecule has 1 N–H and O–H groups in total. The van der Waals surface area contributed by atoms with E-state index in [1.165, 1.54) is 12.1 Å². The van der Waals surface area contributed by atoms with E-state index in [1.54, 1.807) is 0 Å². The summed E-state index contributed by atoms with van der Waals surface area (Å²) in [6.07, 6.45) is 0. The van der Waals surface area contributed by atoms with Gasteiger partial charge in [0.1, 0.15) is 5.82 Å². The molecule has 1 aromatic heterocycles. The minimum Gasteiger partial charge on any atom is -0.474 e. The minimum atomic E-state index is -1.34. The third-order valence-corrected chi connectivity index (χ3v) is 2.08. The summed E-state index contributed by atoms with van der Waals surface area (Å²) in [6, 6.07) is 3.85. The molecule has 1 aromatic carbocycles. The molecule has 0 fully saturated rings. The van der Waals surface area contributed by atoms with Crippen LogP contribution in [0, 0.1) is 5.82 Å². The van der Waals surface area contributed by atoms with Crippen LogP contribution in [0.25, 0.3) is 11.5 Å². The average molecular weight is 243 g/mol. The van der Waals surface area contributed by atoms with Gasteiger partial charge in [-0.25, -0.2) is 9.18 Å². The first kappa shape index (κ1) is 10.6. The molecule has 0 spiro atoms. The third kappa shape index (κ3) is 1.87. The molecule has 2 aromatic rings. The number of aromatic carboxylic acids is 1. The van der Waals surface area contributed by atoms with Crippen LogP contribution in [-0.2, 0) is 0 Å². The highest BCUT2D eigenvalue weighted by Gasteiger charge is 2.15. The predicted molar refractivity (Wildman–Crippen MR) is 51.7 cm³/mol. The standard InChI is InChI=1S/C9H4ClFN2O3/c10-5-2-1-4(3-6(5)11)7-12-13-8(16-7)9(14)15/h1-3H,(H,14,15). The van der Waals surface area contributed by atoms with E-state index in [4.69, 9.17) is 21.1 Å². The Morgan fingerprint density at radius 1 is 1.44 bits per heavy atom. The van der Waals surface area contributed by atoms with Crippen LogP contribution in [0.5, 0.6) is 0 Å². The van der Waals surface area contributed by atoms with Crippen molar-refractivity contribution in [3.05, 3.63) is 34.9 Å². The number of hydrogen-bond donors (Lipinski definition) is 1. The van der Waals surface area contributed by atoms with Crippen molar-refractivity contribution in [2.75, 3.05) is 0 Å². The molecule has 2 rings (SSSR count). The van der Waals surface area contributed by atoms with Gasteiger partial charge in [0.05, 0.1) is 5.02 Å². The van der Waals surface area contributed by atoms with Crippen LogP contribution in [0.4, 0.5) is 4.39 Å². The molecular formula is C9H4ClFN2O3. The third-order valence-electron chi connectivity index (χ3n) is 1.77. The summed E-state index contributed by atoms with van der Waals surface area (Å²) >= 11 is 5.49. The van der Waals surface area contributed by atoms with Crippen molar-refractivity contribution in [3.63, 3.8) is 0 Å². The number of benzene rings is 1. The summed E-state index contributed by atoms with van der Waals surface area (Å²) in [5.41, 5.74) is 0.266. The number of carbonyl (C=O) groups is 1. The monoisotopic (exact) mass is 242 g/mol. The molecule has 82 valence electrons. The molecular weight excluding hydrogens is 239 g/mol. The fourth-order valence-corrected chi connectivity index (χ4v) is 1.17. The van der Waals surface area contributed by atoms with Crippen molar-refractivity contribution in [1.82, 2.24) is 10.2 Å². The number of halogens is 2. The van der Waals surface area contributed by atoms with Crippen LogP contribution < -0.4 is 0 Å². The van der Waals surface area contributed by atoms with Gasteiger partial charge in [-0.2, -0.15) is 0 Å². The van der Waals surface area contributed by atoms with Gasteiger partial charge in [0.15, 0.2) is 0 Å². The molecule has 0 unspecified atom stereocenters. The van der Waals surface area contributed by atoms with E-state index in [0.717, 1.165) is 6.07 Å². The zero-order valence-electron chi connectivity index (χ0n) is 7.65. The first-order valence-corrected chi connectivity index (χ1v) is 4.48. The van der Waals surface area contributed by atoms with Crippen LogP contribution >= 0.6 is 11.6 Å². The van der Waals surface area contributed by atoms with Gasteiger partial charge in [0.2, 0.25) is 5.89 Å². The van der Waals surface area contributed by atoms with Crippen molar-refractivity contribution in [2.45, 2.75) is 0 Å². The summed E-state index contributed by atoms with van der Waals surface area (Å²) in [7, 11) is 0. The van der Waals surface area contributed by atoms with E-state index >= 15 is 0 Å². The molecule has 0 aliphatic carbocycles. The zero-order valence-corrected chi connectivity index (χ0v) is 8.40. The SMILES string of the molecule is O=C(O)c1nnc(-c2ccc(Cl)c(F)c2)o1. The lowest BCUT2D eigenvalue weighted by molar-refractivity contribution is 0.0654. The van der Waals surface area contributed by atoms with Crippen molar-refractivity contribution >= 4 is 17.6 Å². The molecule has 0 aliphatic heterocycles. The van der Waals surface area contributed by atoms with Crippen molar-refractivity contribution in [2.24, 2.45) is 0 Å². The van der Waals surface area contributed by atoms with Crippen molar-refractivity contribution in [3.8, 4) is 11.5 Å². The summed E-state index contributed by atoms with van der Waals surface area (Å²) in [6.45, 7) is 0. The molecule has 1 heterocycles. The van der Waals surface area contributed by atoms with Gasteiger partial charge in [-0.05, 0) is 18.2 Å². The Morgan fingerprint density at radius 2 is 2.19 bits per heavy atom. The smallest absolute Gasteiger partial charge is 0.393 e. The summed E-state index contributed by atoms with van der Waals surface area (Å²) in [4.78, 5) is 10.5. The normalized spacial score (nSPS) is 10.4. The maximum Gasteiger partial charge on any atom is 0.393 e. The Balaban J connectivity index is 2.42. The van der Waals surface area contributed by atoms with Gasteiger partial charge in [0, 0.05) is 5.56 Å². The Labute approximate surface area is 93.5 Å². The number of carboxylic acid groups (broad SMARTS) is 1. The van der Waals surface area contributed by atoms with Crippen LogP contribution in [0.2, 0.25) is 5.02 Å². The molecule has 0 aliphatic rings. The molecule has 7 heteroatoms. The van der Waals surface area contributed by atoms with Crippen LogP contribution in [0.1, 0.15) is 10.7 Å². The Bertz CT molecular complexity index is 555. The van der Waals surface area contributed by atoms with Gasteiger partial charge < -0.3 is 9.52 Å². The van der Waals surface area contributed by atoms with E-state index in [1.807, 2.05) is 0 Å². The van der Waals surface area contributed by atoms with E-state index in [-0.39, 0.29) is 16.5 Å². The summed E-state index contributed by atoms with van der Waals surface area (Å²) in [5, 5.41) is 15.3. The lowest BCUT2D eigenvalue weighted by Gasteiger charge is -1.96. The quantitative estimate of drug-likeness (QED) is 0.874.